The van der Waals surface area contributed by atoms with Gasteiger partial charge in [0.1, 0.15) is 4.53 Å². The second-order valence-corrected chi connectivity index (χ2v) is 7.63. The lowest BCUT2D eigenvalue weighted by Crippen LogP contribution is -2.28. The van der Waals surface area contributed by atoms with Crippen molar-refractivity contribution in [3.05, 3.63) is 73.5 Å². The number of halogens is 1. The molecule has 0 bridgehead atoms. The van der Waals surface area contributed by atoms with Crippen molar-refractivity contribution < 1.29 is 4.79 Å². The van der Waals surface area contributed by atoms with Gasteiger partial charge < -0.3 is 5.32 Å². The van der Waals surface area contributed by atoms with Crippen LogP contribution >= 0.6 is 22.9 Å². The van der Waals surface area contributed by atoms with Gasteiger partial charge in [0.2, 0.25) is 4.96 Å². The van der Waals surface area contributed by atoms with Crippen LogP contribution in [0.15, 0.2) is 47.3 Å². The van der Waals surface area contributed by atoms with Gasteiger partial charge in [-0.3, -0.25) is 9.59 Å². The van der Waals surface area contributed by atoms with Gasteiger partial charge in [-0.15, -0.1) is 10.2 Å². The van der Waals surface area contributed by atoms with Crippen molar-refractivity contribution >= 4 is 45.1 Å². The first-order valence-electron chi connectivity index (χ1n) is 8.14. The zero-order chi connectivity index (χ0) is 18.7. The van der Waals surface area contributed by atoms with Crippen molar-refractivity contribution in [2.45, 2.75) is 6.92 Å². The molecule has 1 aliphatic heterocycles. The number of hydrogen-bond donors (Lipinski definition) is 1. The summed E-state index contributed by atoms with van der Waals surface area (Å²) in [5.74, 6) is 0.127. The first-order chi connectivity index (χ1) is 13.0. The van der Waals surface area contributed by atoms with E-state index in [1.165, 1.54) is 4.40 Å². The van der Waals surface area contributed by atoms with Crippen LogP contribution in [0.5, 0.6) is 0 Å². The molecule has 0 radical (unpaired) electrons. The zero-order valence-electron chi connectivity index (χ0n) is 14.0. The fourth-order valence-corrected chi connectivity index (χ4v) is 4.49. The molecule has 6 nitrogen and oxygen atoms in total. The van der Waals surface area contributed by atoms with Gasteiger partial charge in [0.25, 0.3) is 11.5 Å². The molecule has 0 fully saturated rings. The predicted octanol–water partition coefficient (Wildman–Crippen LogP) is 2.65. The quantitative estimate of drug-likeness (QED) is 0.538. The summed E-state index contributed by atoms with van der Waals surface area (Å²) in [6.45, 7) is 1.92. The zero-order valence-corrected chi connectivity index (χ0v) is 15.6. The number of para-hydroxylation sites is 1. The van der Waals surface area contributed by atoms with Crippen LogP contribution in [-0.2, 0) is 4.79 Å². The monoisotopic (exact) mass is 394 g/mol. The number of hydrogen-bond acceptors (Lipinski definition) is 5. The Balaban J connectivity index is 1.84. The lowest BCUT2D eigenvalue weighted by Gasteiger charge is -2.00. The molecule has 5 rings (SSSR count). The molecule has 1 amide bonds. The molecule has 0 saturated heterocycles. The molecular weight excluding hydrogens is 384 g/mol. The standard InChI is InChI=1S/C19H11ClN4O2S/c1-9-4-2-7-12-13(17(25)21-14(9)12)15-18(26)24-16(22-23-19(24)27-15)10-5-3-6-11(20)8-10/h2-8H,1H3,(H,21,25)/b15-13+. The molecule has 2 aromatic carbocycles. The van der Waals surface area contributed by atoms with Crippen LogP contribution in [0.4, 0.5) is 5.69 Å². The average Bonchev–Trinajstić information content (AvgIpc) is 3.29. The Hall–Kier alpha value is -3.03. The summed E-state index contributed by atoms with van der Waals surface area (Å²) >= 11 is 7.22. The second kappa shape index (κ2) is 5.73. The third-order valence-electron chi connectivity index (χ3n) is 4.54. The molecule has 0 spiro atoms. The van der Waals surface area contributed by atoms with E-state index < -0.39 is 0 Å². The van der Waals surface area contributed by atoms with Crippen molar-refractivity contribution in [3.63, 3.8) is 0 Å². The van der Waals surface area contributed by atoms with Crippen molar-refractivity contribution in [3.8, 4) is 11.4 Å². The van der Waals surface area contributed by atoms with E-state index in [0.29, 0.717) is 31.5 Å². The molecule has 8 heteroatoms. The lowest BCUT2D eigenvalue weighted by molar-refractivity contribution is -0.110. The van der Waals surface area contributed by atoms with Crippen LogP contribution in [0.1, 0.15) is 11.1 Å². The van der Waals surface area contributed by atoms with Crippen molar-refractivity contribution in [2.75, 3.05) is 5.32 Å². The largest absolute Gasteiger partial charge is 0.321 e. The lowest BCUT2D eigenvalue weighted by atomic mass is 10.0. The number of rotatable bonds is 1. The van der Waals surface area contributed by atoms with Gasteiger partial charge in [-0.25, -0.2) is 4.40 Å². The fraction of sp³-hybridized carbons (Fsp3) is 0.0526. The number of nitrogens with zero attached hydrogens (tertiary/aromatic N) is 3. The fourth-order valence-electron chi connectivity index (χ4n) is 3.29. The van der Waals surface area contributed by atoms with Gasteiger partial charge in [0.15, 0.2) is 5.82 Å². The highest BCUT2D eigenvalue weighted by atomic mass is 35.5. The maximum absolute atomic E-state index is 13.2. The van der Waals surface area contributed by atoms with Gasteiger partial charge in [0.05, 0.1) is 11.3 Å². The smallest absolute Gasteiger partial charge is 0.277 e. The summed E-state index contributed by atoms with van der Waals surface area (Å²) < 4.78 is 1.78. The van der Waals surface area contributed by atoms with E-state index in [9.17, 15) is 9.59 Å². The van der Waals surface area contributed by atoms with Gasteiger partial charge in [-0.2, -0.15) is 0 Å². The molecule has 1 aliphatic rings. The number of aromatic nitrogens is 3. The normalized spacial score (nSPS) is 15.3. The number of thiazole rings is 1. The molecule has 1 N–H and O–H groups in total. The van der Waals surface area contributed by atoms with Crippen molar-refractivity contribution in [1.29, 1.82) is 0 Å². The average molecular weight is 395 g/mol. The number of fused-ring (bicyclic) bond motifs is 2. The minimum atomic E-state index is -0.311. The minimum Gasteiger partial charge on any atom is -0.321 e. The molecule has 132 valence electrons. The number of anilines is 1. The van der Waals surface area contributed by atoms with E-state index in [2.05, 4.69) is 15.5 Å². The molecule has 0 aliphatic carbocycles. The Morgan fingerprint density at radius 2 is 1.93 bits per heavy atom. The van der Waals surface area contributed by atoms with E-state index in [1.54, 1.807) is 18.2 Å². The molecule has 0 saturated carbocycles. The van der Waals surface area contributed by atoms with E-state index in [4.69, 9.17) is 11.6 Å². The van der Waals surface area contributed by atoms with Crippen LogP contribution in [0, 0.1) is 6.92 Å². The van der Waals surface area contributed by atoms with E-state index >= 15 is 0 Å². The van der Waals surface area contributed by atoms with Gasteiger partial charge in [-0.05, 0) is 24.6 Å². The second-order valence-electron chi connectivity index (χ2n) is 6.21. The van der Waals surface area contributed by atoms with Gasteiger partial charge >= 0.3 is 0 Å². The highest BCUT2D eigenvalue weighted by Crippen LogP contribution is 2.32. The predicted molar refractivity (Wildman–Crippen MR) is 105 cm³/mol. The first kappa shape index (κ1) is 16.2. The number of aryl methyl sites for hydroxylation is 1. The first-order valence-corrected chi connectivity index (χ1v) is 9.33. The molecule has 0 unspecified atom stereocenters. The molecule has 0 atom stereocenters. The molecule has 4 aromatic rings. The number of amides is 1. The Morgan fingerprint density at radius 1 is 1.11 bits per heavy atom. The van der Waals surface area contributed by atoms with Gasteiger partial charge in [-0.1, -0.05) is 53.3 Å². The van der Waals surface area contributed by atoms with E-state index in [1.807, 2.05) is 31.2 Å². The Morgan fingerprint density at radius 3 is 2.74 bits per heavy atom. The van der Waals surface area contributed by atoms with Crippen LogP contribution in [0.3, 0.4) is 0 Å². The Bertz CT molecular complexity index is 1370. The summed E-state index contributed by atoms with van der Waals surface area (Å²) in [6, 6.07) is 12.7. The summed E-state index contributed by atoms with van der Waals surface area (Å²) in [6.07, 6.45) is 0. The Labute approximate surface area is 161 Å². The molecular formula is C19H11ClN4O2S. The third-order valence-corrected chi connectivity index (χ3v) is 5.81. The molecule has 2 aromatic heterocycles. The van der Waals surface area contributed by atoms with Crippen molar-refractivity contribution in [1.82, 2.24) is 14.6 Å². The molecule has 27 heavy (non-hydrogen) atoms. The van der Waals surface area contributed by atoms with E-state index in [0.717, 1.165) is 28.2 Å². The third kappa shape index (κ3) is 2.32. The van der Waals surface area contributed by atoms with E-state index in [-0.39, 0.29) is 11.5 Å². The minimum absolute atomic E-state index is 0.279. The maximum atomic E-state index is 13.2. The molecule has 3 heterocycles. The highest BCUT2D eigenvalue weighted by Gasteiger charge is 2.28. The Kier molecular flexibility index (Phi) is 3.43. The summed E-state index contributed by atoms with van der Waals surface area (Å²) in [5.41, 5.74) is 3.19. The van der Waals surface area contributed by atoms with Crippen LogP contribution in [0.25, 0.3) is 21.9 Å². The topological polar surface area (TPSA) is 76.4 Å². The number of nitrogens with one attached hydrogen (secondary N) is 1. The number of carbonyl (C=O) groups is 1. The van der Waals surface area contributed by atoms with Gasteiger partial charge in [0, 0.05) is 16.1 Å². The number of carbonyl (C=O) groups excluding carboxylic acids is 1. The SMILES string of the molecule is Cc1cccc2c1NC(=O)/C2=c1/sc2nnc(-c3cccc(Cl)c3)n2c1=O. The maximum Gasteiger partial charge on any atom is 0.277 e. The summed E-state index contributed by atoms with van der Waals surface area (Å²) in [5, 5.41) is 11.7. The van der Waals surface area contributed by atoms with Crippen LogP contribution in [-0.4, -0.2) is 20.5 Å². The summed E-state index contributed by atoms with van der Waals surface area (Å²) in [4.78, 5) is 26.2. The van der Waals surface area contributed by atoms with Crippen molar-refractivity contribution in [2.24, 2.45) is 0 Å². The number of benzene rings is 2. The van der Waals surface area contributed by atoms with Crippen LogP contribution in [0.2, 0.25) is 5.02 Å². The summed E-state index contributed by atoms with van der Waals surface area (Å²) in [7, 11) is 0. The van der Waals surface area contributed by atoms with Crippen LogP contribution < -0.4 is 15.4 Å². The highest BCUT2D eigenvalue weighted by molar-refractivity contribution is 7.15.